The highest BCUT2D eigenvalue weighted by atomic mass is 127. The molecule has 0 heterocycles. The lowest BCUT2D eigenvalue weighted by molar-refractivity contribution is 0.414. The summed E-state index contributed by atoms with van der Waals surface area (Å²) in [6.45, 7) is 0.759. The van der Waals surface area contributed by atoms with Crippen molar-refractivity contribution in [1.82, 2.24) is 0 Å². The number of nitrogens with one attached hydrogen (secondary N) is 1. The molecule has 2 aromatic rings. The number of anilines is 1. The van der Waals surface area contributed by atoms with Crippen LogP contribution in [-0.2, 0) is 6.54 Å². The summed E-state index contributed by atoms with van der Waals surface area (Å²) in [5.74, 6) is 0.875. The van der Waals surface area contributed by atoms with Crippen LogP contribution in [-0.4, -0.2) is 7.11 Å². The molecule has 0 fully saturated rings. The lowest BCUT2D eigenvalue weighted by Crippen LogP contribution is -2.01. The molecule has 94 valence electrons. The highest BCUT2D eigenvalue weighted by molar-refractivity contribution is 14.1. The minimum absolute atomic E-state index is 0.756. The molecule has 0 bridgehead atoms. The number of benzene rings is 2. The molecule has 0 aromatic heterocycles. The van der Waals surface area contributed by atoms with Gasteiger partial charge < -0.3 is 10.1 Å². The number of methoxy groups -OCH3 is 1. The fourth-order valence-electron chi connectivity index (χ4n) is 1.61. The third kappa shape index (κ3) is 3.53. The van der Waals surface area contributed by atoms with E-state index in [1.54, 1.807) is 7.11 Å². The van der Waals surface area contributed by atoms with Crippen LogP contribution < -0.4 is 10.1 Å². The van der Waals surface area contributed by atoms with Gasteiger partial charge in [-0.3, -0.25) is 0 Å². The van der Waals surface area contributed by atoms with Gasteiger partial charge in [0, 0.05) is 20.8 Å². The minimum atomic E-state index is 0.756. The number of hydrogen-bond acceptors (Lipinski definition) is 2. The van der Waals surface area contributed by atoms with Crippen molar-refractivity contribution in [1.29, 1.82) is 0 Å². The van der Waals surface area contributed by atoms with Crippen molar-refractivity contribution in [3.05, 3.63) is 56.6 Å². The fraction of sp³-hybridized carbons (Fsp3) is 0.143. The molecule has 0 aliphatic rings. The fourth-order valence-corrected chi connectivity index (χ4v) is 2.67. The van der Waals surface area contributed by atoms with Crippen LogP contribution in [0.15, 0.2) is 42.5 Å². The van der Waals surface area contributed by atoms with E-state index >= 15 is 0 Å². The van der Waals surface area contributed by atoms with E-state index in [0.717, 1.165) is 26.6 Å². The zero-order valence-corrected chi connectivity index (χ0v) is 12.8. The monoisotopic (exact) mass is 373 g/mol. The number of halogens is 2. The second kappa shape index (κ2) is 6.29. The largest absolute Gasteiger partial charge is 0.497 e. The van der Waals surface area contributed by atoms with Gasteiger partial charge in [0.2, 0.25) is 0 Å². The molecule has 0 aliphatic carbocycles. The van der Waals surface area contributed by atoms with E-state index in [2.05, 4.69) is 34.0 Å². The maximum absolute atomic E-state index is 5.92. The first-order chi connectivity index (χ1) is 8.69. The summed E-state index contributed by atoms with van der Waals surface area (Å²) in [5.41, 5.74) is 2.27. The van der Waals surface area contributed by atoms with Crippen LogP contribution in [0.4, 0.5) is 5.69 Å². The van der Waals surface area contributed by atoms with E-state index in [-0.39, 0.29) is 0 Å². The van der Waals surface area contributed by atoms with Crippen molar-refractivity contribution in [2.75, 3.05) is 12.4 Å². The van der Waals surface area contributed by atoms with E-state index < -0.39 is 0 Å². The minimum Gasteiger partial charge on any atom is -0.497 e. The van der Waals surface area contributed by atoms with Gasteiger partial charge in [-0.25, -0.2) is 0 Å². The normalized spacial score (nSPS) is 10.2. The maximum atomic E-state index is 5.92. The maximum Gasteiger partial charge on any atom is 0.119 e. The third-order valence-electron chi connectivity index (χ3n) is 2.55. The Morgan fingerprint density at radius 1 is 1.22 bits per heavy atom. The number of hydrogen-bond donors (Lipinski definition) is 1. The summed E-state index contributed by atoms with van der Waals surface area (Å²) in [4.78, 5) is 0. The van der Waals surface area contributed by atoms with Crippen LogP contribution in [0, 0.1) is 3.57 Å². The van der Waals surface area contributed by atoms with Crippen molar-refractivity contribution in [2.45, 2.75) is 6.54 Å². The summed E-state index contributed by atoms with van der Waals surface area (Å²) in [5, 5.41) is 4.14. The van der Waals surface area contributed by atoms with Crippen LogP contribution in [0.25, 0.3) is 0 Å². The number of rotatable bonds is 4. The van der Waals surface area contributed by atoms with Gasteiger partial charge in [-0.1, -0.05) is 23.7 Å². The molecule has 0 aliphatic heterocycles. The Balaban J connectivity index is 2.06. The van der Waals surface area contributed by atoms with Gasteiger partial charge in [-0.2, -0.15) is 0 Å². The summed E-state index contributed by atoms with van der Waals surface area (Å²) < 4.78 is 6.31. The lowest BCUT2D eigenvalue weighted by Gasteiger charge is -2.10. The Morgan fingerprint density at radius 3 is 2.78 bits per heavy atom. The molecule has 2 nitrogen and oxygen atoms in total. The Morgan fingerprint density at radius 2 is 2.06 bits per heavy atom. The molecule has 2 aromatic carbocycles. The highest BCUT2D eigenvalue weighted by Gasteiger charge is 2.01. The van der Waals surface area contributed by atoms with Gasteiger partial charge in [0.25, 0.3) is 0 Å². The average Bonchev–Trinajstić information content (AvgIpc) is 2.38. The Bertz CT molecular complexity index is 545. The molecule has 0 amide bonds. The molecule has 1 N–H and O–H groups in total. The van der Waals surface area contributed by atoms with Gasteiger partial charge >= 0.3 is 0 Å². The van der Waals surface area contributed by atoms with E-state index in [1.165, 1.54) is 5.56 Å². The predicted molar refractivity (Wildman–Crippen MR) is 84.5 cm³/mol. The average molecular weight is 374 g/mol. The zero-order valence-electron chi connectivity index (χ0n) is 9.91. The van der Waals surface area contributed by atoms with Crippen LogP contribution in [0.1, 0.15) is 5.56 Å². The van der Waals surface area contributed by atoms with E-state index in [1.807, 2.05) is 36.4 Å². The van der Waals surface area contributed by atoms with E-state index in [9.17, 15) is 0 Å². The molecule has 0 spiro atoms. The van der Waals surface area contributed by atoms with Gasteiger partial charge in [-0.05, 0) is 58.5 Å². The van der Waals surface area contributed by atoms with Crippen molar-refractivity contribution in [2.24, 2.45) is 0 Å². The molecule has 18 heavy (non-hydrogen) atoms. The molecule has 4 heteroatoms. The Hall–Kier alpha value is -0.940. The van der Waals surface area contributed by atoms with Crippen molar-refractivity contribution in [3.63, 3.8) is 0 Å². The summed E-state index contributed by atoms with van der Waals surface area (Å²) in [6, 6.07) is 13.8. The van der Waals surface area contributed by atoms with Gasteiger partial charge in [0.05, 0.1) is 7.11 Å². The summed E-state index contributed by atoms with van der Waals surface area (Å²) in [7, 11) is 1.68. The standard InChI is InChI=1S/C14H13ClINO/c1-18-12-4-2-3-10(7-12)9-17-14-6-5-11(15)8-13(14)16/h2-8,17H,9H2,1H3. The first-order valence-electron chi connectivity index (χ1n) is 5.51. The lowest BCUT2D eigenvalue weighted by atomic mass is 10.2. The predicted octanol–water partition coefficient (Wildman–Crippen LogP) is 4.57. The van der Waals surface area contributed by atoms with Crippen LogP contribution >= 0.6 is 34.2 Å². The summed E-state index contributed by atoms with van der Waals surface area (Å²) >= 11 is 8.20. The van der Waals surface area contributed by atoms with Gasteiger partial charge in [0.1, 0.15) is 5.75 Å². The third-order valence-corrected chi connectivity index (χ3v) is 3.68. The first kappa shape index (κ1) is 13.5. The molecule has 2 rings (SSSR count). The molecule has 0 atom stereocenters. The molecule has 0 radical (unpaired) electrons. The van der Waals surface area contributed by atoms with Gasteiger partial charge in [-0.15, -0.1) is 0 Å². The summed E-state index contributed by atoms with van der Waals surface area (Å²) in [6.07, 6.45) is 0. The Labute approximate surface area is 125 Å². The molecule has 0 saturated carbocycles. The number of ether oxygens (including phenoxy) is 1. The topological polar surface area (TPSA) is 21.3 Å². The second-order valence-electron chi connectivity index (χ2n) is 3.83. The van der Waals surface area contributed by atoms with E-state index in [0.29, 0.717) is 0 Å². The van der Waals surface area contributed by atoms with Crippen molar-refractivity contribution in [3.8, 4) is 5.75 Å². The van der Waals surface area contributed by atoms with Crippen LogP contribution in [0.5, 0.6) is 5.75 Å². The molecule has 0 saturated heterocycles. The quantitative estimate of drug-likeness (QED) is 0.793. The molecular weight excluding hydrogens is 361 g/mol. The SMILES string of the molecule is COc1cccc(CNc2ccc(Cl)cc2I)c1. The van der Waals surface area contributed by atoms with Crippen LogP contribution in [0.2, 0.25) is 5.02 Å². The molecule has 0 unspecified atom stereocenters. The second-order valence-corrected chi connectivity index (χ2v) is 5.43. The highest BCUT2D eigenvalue weighted by Crippen LogP contribution is 2.23. The zero-order chi connectivity index (χ0) is 13.0. The van der Waals surface area contributed by atoms with E-state index in [4.69, 9.17) is 16.3 Å². The van der Waals surface area contributed by atoms with Crippen molar-refractivity contribution < 1.29 is 4.74 Å². The van der Waals surface area contributed by atoms with Crippen molar-refractivity contribution >= 4 is 39.9 Å². The first-order valence-corrected chi connectivity index (χ1v) is 6.96. The molecular formula is C14H13ClINO. The Kier molecular flexibility index (Phi) is 4.72. The van der Waals surface area contributed by atoms with Crippen LogP contribution in [0.3, 0.4) is 0 Å². The smallest absolute Gasteiger partial charge is 0.119 e. The van der Waals surface area contributed by atoms with Gasteiger partial charge in [0.15, 0.2) is 0 Å².